The Morgan fingerprint density at radius 2 is 1.19 bits per heavy atom. The molecule has 2 rings (SSSR count). The van der Waals surface area contributed by atoms with E-state index in [0.29, 0.717) is 17.8 Å². The minimum absolute atomic E-state index is 0.0605. The molecule has 0 N–H and O–H groups in total. The third-order valence-corrected chi connectivity index (χ3v) is 4.43. The van der Waals surface area contributed by atoms with Crippen LogP contribution in [0, 0.1) is 17.8 Å². The molecule has 21 heavy (non-hydrogen) atoms. The maximum Gasteiger partial charge on any atom is 0.488 e. The van der Waals surface area contributed by atoms with E-state index in [2.05, 4.69) is 55.4 Å². The third kappa shape index (κ3) is 3.49. The average Bonchev–Trinajstić information content (AvgIpc) is 2.89. The first kappa shape index (κ1) is 17.3. The van der Waals surface area contributed by atoms with E-state index in [4.69, 9.17) is 18.6 Å². The lowest BCUT2D eigenvalue weighted by Crippen LogP contribution is -2.41. The standard InChI is InChI=1S/C15H30B2O4/c1-9(2)12-13(10(3)4)19-16(18-12)17-20-14(11(5)6)15(7,8)21-17/h9-14H,1-8H3. The Morgan fingerprint density at radius 1 is 0.714 bits per heavy atom. The molecule has 2 aliphatic rings. The van der Waals surface area contributed by atoms with Gasteiger partial charge in [0.25, 0.3) is 0 Å². The van der Waals surface area contributed by atoms with Gasteiger partial charge in [0.15, 0.2) is 0 Å². The van der Waals surface area contributed by atoms with E-state index in [0.717, 1.165) is 0 Å². The van der Waals surface area contributed by atoms with Gasteiger partial charge in [0, 0.05) is 0 Å². The van der Waals surface area contributed by atoms with Crippen LogP contribution < -0.4 is 0 Å². The van der Waals surface area contributed by atoms with Gasteiger partial charge in [-0.1, -0.05) is 41.5 Å². The molecule has 0 bridgehead atoms. The van der Waals surface area contributed by atoms with E-state index in [-0.39, 0.29) is 23.9 Å². The van der Waals surface area contributed by atoms with E-state index in [1.165, 1.54) is 0 Å². The first-order valence-corrected chi connectivity index (χ1v) is 8.27. The van der Waals surface area contributed by atoms with E-state index >= 15 is 0 Å². The molecule has 6 heteroatoms. The number of hydrogen-bond donors (Lipinski definition) is 0. The second kappa shape index (κ2) is 6.23. The lowest BCUT2D eigenvalue weighted by Gasteiger charge is -2.28. The molecular formula is C15H30B2O4. The van der Waals surface area contributed by atoms with E-state index < -0.39 is 14.0 Å². The highest BCUT2D eigenvalue weighted by atomic mass is 16.7. The van der Waals surface area contributed by atoms with Crippen LogP contribution in [-0.2, 0) is 18.6 Å². The third-order valence-electron chi connectivity index (χ3n) is 4.43. The van der Waals surface area contributed by atoms with Gasteiger partial charge < -0.3 is 18.6 Å². The monoisotopic (exact) mass is 296 g/mol. The first-order chi connectivity index (χ1) is 9.63. The van der Waals surface area contributed by atoms with Crippen LogP contribution in [0.25, 0.3) is 0 Å². The highest BCUT2D eigenvalue weighted by Gasteiger charge is 2.58. The molecule has 0 radical (unpaired) electrons. The zero-order valence-electron chi connectivity index (χ0n) is 14.8. The predicted octanol–water partition coefficient (Wildman–Crippen LogP) is 2.99. The Bertz CT molecular complexity index is 344. The molecule has 3 unspecified atom stereocenters. The minimum Gasteiger partial charge on any atom is -0.408 e. The van der Waals surface area contributed by atoms with Gasteiger partial charge in [-0.15, -0.1) is 0 Å². The summed E-state index contributed by atoms with van der Waals surface area (Å²) in [5.41, 5.74) is -0.311. The van der Waals surface area contributed by atoms with Crippen molar-refractivity contribution in [3.63, 3.8) is 0 Å². The predicted molar refractivity (Wildman–Crippen MR) is 85.8 cm³/mol. The Kier molecular flexibility index (Phi) is 5.14. The second-order valence-corrected chi connectivity index (χ2v) is 7.95. The maximum atomic E-state index is 6.13. The smallest absolute Gasteiger partial charge is 0.408 e. The molecule has 2 heterocycles. The van der Waals surface area contributed by atoms with Crippen LogP contribution in [0.2, 0.25) is 0 Å². The van der Waals surface area contributed by atoms with Crippen molar-refractivity contribution in [1.29, 1.82) is 0 Å². The van der Waals surface area contributed by atoms with Gasteiger partial charge in [0.05, 0.1) is 23.9 Å². The summed E-state index contributed by atoms with van der Waals surface area (Å²) in [6.45, 7) is 17.1. The molecule has 120 valence electrons. The van der Waals surface area contributed by atoms with Gasteiger partial charge in [-0.25, -0.2) is 0 Å². The average molecular weight is 296 g/mol. The summed E-state index contributed by atoms with van der Waals surface area (Å²) in [5, 5.41) is 0. The van der Waals surface area contributed by atoms with Crippen LogP contribution in [0.5, 0.6) is 0 Å². The molecule has 0 aliphatic carbocycles. The normalized spacial score (nSPS) is 33.0. The highest BCUT2D eigenvalue weighted by Crippen LogP contribution is 2.36. The Balaban J connectivity index is 2.07. The summed E-state index contributed by atoms with van der Waals surface area (Å²) in [6.07, 6.45) is 0.261. The Hall–Kier alpha value is -0.0301. The zero-order valence-corrected chi connectivity index (χ0v) is 14.8. The summed E-state index contributed by atoms with van der Waals surface area (Å²) in [6, 6.07) is 0. The molecule has 0 aromatic carbocycles. The highest BCUT2D eigenvalue weighted by molar-refractivity contribution is 7.11. The van der Waals surface area contributed by atoms with Crippen LogP contribution in [0.1, 0.15) is 55.4 Å². The SMILES string of the molecule is CC(C)C1OB(B2OC(C(C)C)C(C)(C)O2)OC1C(C)C. The molecule has 2 saturated heterocycles. The lowest BCUT2D eigenvalue weighted by atomic mass is 9.49. The number of hydrogen-bond acceptors (Lipinski definition) is 4. The fourth-order valence-electron chi connectivity index (χ4n) is 3.48. The fourth-order valence-corrected chi connectivity index (χ4v) is 3.48. The van der Waals surface area contributed by atoms with Crippen molar-refractivity contribution in [2.45, 2.75) is 79.3 Å². The summed E-state index contributed by atoms with van der Waals surface area (Å²) in [5.74, 6) is 1.23. The maximum absolute atomic E-state index is 6.13. The van der Waals surface area contributed by atoms with Gasteiger partial charge in [0.1, 0.15) is 0 Å². The van der Waals surface area contributed by atoms with Gasteiger partial charge in [0.2, 0.25) is 0 Å². The van der Waals surface area contributed by atoms with Crippen LogP contribution in [0.4, 0.5) is 0 Å². The molecule has 0 aromatic rings. The van der Waals surface area contributed by atoms with Crippen molar-refractivity contribution < 1.29 is 18.6 Å². The van der Waals surface area contributed by atoms with Crippen molar-refractivity contribution in [2.24, 2.45) is 17.8 Å². The van der Waals surface area contributed by atoms with Crippen molar-refractivity contribution in [2.75, 3.05) is 0 Å². The fraction of sp³-hybridized carbons (Fsp3) is 1.00. The minimum atomic E-state index is -0.433. The molecule has 2 fully saturated rings. The van der Waals surface area contributed by atoms with Crippen LogP contribution in [-0.4, -0.2) is 37.9 Å². The van der Waals surface area contributed by atoms with E-state index in [9.17, 15) is 0 Å². The van der Waals surface area contributed by atoms with Crippen LogP contribution in [0.15, 0.2) is 0 Å². The molecule has 0 saturated carbocycles. The second-order valence-electron chi connectivity index (χ2n) is 7.95. The van der Waals surface area contributed by atoms with E-state index in [1.807, 2.05) is 0 Å². The van der Waals surface area contributed by atoms with E-state index in [1.54, 1.807) is 0 Å². The Labute approximate surface area is 130 Å². The summed E-state index contributed by atoms with van der Waals surface area (Å²) < 4.78 is 24.5. The molecule has 0 aromatic heterocycles. The summed E-state index contributed by atoms with van der Waals surface area (Å²) in [4.78, 5) is 0. The topological polar surface area (TPSA) is 36.9 Å². The van der Waals surface area contributed by atoms with Crippen molar-refractivity contribution >= 4 is 14.0 Å². The van der Waals surface area contributed by atoms with Crippen molar-refractivity contribution in [3.8, 4) is 0 Å². The lowest BCUT2D eigenvalue weighted by molar-refractivity contribution is 0.0438. The van der Waals surface area contributed by atoms with Crippen molar-refractivity contribution in [1.82, 2.24) is 0 Å². The van der Waals surface area contributed by atoms with Gasteiger partial charge in [-0.2, -0.15) is 0 Å². The summed E-state index contributed by atoms with van der Waals surface area (Å²) >= 11 is 0. The number of rotatable bonds is 4. The quantitative estimate of drug-likeness (QED) is 0.747. The largest absolute Gasteiger partial charge is 0.488 e. The molecule has 2 aliphatic heterocycles. The summed E-state index contributed by atoms with van der Waals surface area (Å²) in [7, 11) is -0.856. The van der Waals surface area contributed by atoms with Gasteiger partial charge in [-0.3, -0.25) is 0 Å². The zero-order chi connectivity index (χ0) is 15.9. The molecular weight excluding hydrogens is 266 g/mol. The molecule has 0 spiro atoms. The molecule has 0 amide bonds. The molecule has 3 atom stereocenters. The van der Waals surface area contributed by atoms with Crippen LogP contribution >= 0.6 is 0 Å². The Morgan fingerprint density at radius 3 is 1.52 bits per heavy atom. The molecule has 4 nitrogen and oxygen atoms in total. The van der Waals surface area contributed by atoms with Gasteiger partial charge in [-0.05, 0) is 31.6 Å². The van der Waals surface area contributed by atoms with Crippen LogP contribution in [0.3, 0.4) is 0 Å². The van der Waals surface area contributed by atoms with Gasteiger partial charge >= 0.3 is 14.0 Å². The first-order valence-electron chi connectivity index (χ1n) is 8.27. The van der Waals surface area contributed by atoms with Crippen molar-refractivity contribution in [3.05, 3.63) is 0 Å².